The second-order valence-electron chi connectivity index (χ2n) is 5.89. The molecule has 1 aromatic heterocycles. The Kier molecular flexibility index (Phi) is 3.21. The number of aromatic hydroxyl groups is 1. The average Bonchev–Trinajstić information content (AvgIpc) is 3.23. The van der Waals surface area contributed by atoms with Crippen LogP contribution in [0.3, 0.4) is 0 Å². The zero-order chi connectivity index (χ0) is 13.4. The third kappa shape index (κ3) is 2.91. The third-order valence-corrected chi connectivity index (χ3v) is 4.17. The van der Waals surface area contributed by atoms with Gasteiger partial charge < -0.3 is 5.11 Å². The highest BCUT2D eigenvalue weighted by Crippen LogP contribution is 2.33. The van der Waals surface area contributed by atoms with Gasteiger partial charge in [0.2, 0.25) is 5.88 Å². The van der Waals surface area contributed by atoms with E-state index in [0.29, 0.717) is 24.9 Å². The Labute approximate surface area is 111 Å². The van der Waals surface area contributed by atoms with Crippen molar-refractivity contribution in [1.82, 2.24) is 9.13 Å². The first-order valence-electron chi connectivity index (χ1n) is 7.19. The molecule has 1 aromatic rings. The van der Waals surface area contributed by atoms with Gasteiger partial charge in [-0.1, -0.05) is 25.7 Å². The molecule has 0 radical (unpaired) electrons. The molecule has 0 spiro atoms. The van der Waals surface area contributed by atoms with Crippen LogP contribution in [-0.4, -0.2) is 14.2 Å². The van der Waals surface area contributed by atoms with Crippen molar-refractivity contribution >= 4 is 0 Å². The van der Waals surface area contributed by atoms with Crippen molar-refractivity contribution in [3.05, 3.63) is 26.9 Å². The monoisotopic (exact) mass is 264 g/mol. The Balaban J connectivity index is 1.81. The van der Waals surface area contributed by atoms with Gasteiger partial charge >= 0.3 is 5.69 Å². The average molecular weight is 264 g/mol. The lowest BCUT2D eigenvalue weighted by molar-refractivity contribution is 0.378. The number of aromatic nitrogens is 2. The first-order valence-corrected chi connectivity index (χ1v) is 7.19. The molecule has 1 heterocycles. The van der Waals surface area contributed by atoms with E-state index in [2.05, 4.69) is 0 Å². The SMILES string of the molecule is O=c1cc(O)n(CCC2CC2)c(=O)n1CCC1CC1. The largest absolute Gasteiger partial charge is 0.494 e. The molecule has 1 N–H and O–H groups in total. The van der Waals surface area contributed by atoms with E-state index in [1.165, 1.54) is 40.9 Å². The van der Waals surface area contributed by atoms with Crippen LogP contribution in [0.1, 0.15) is 38.5 Å². The van der Waals surface area contributed by atoms with Gasteiger partial charge in [-0.2, -0.15) is 0 Å². The predicted molar refractivity (Wildman–Crippen MR) is 71.3 cm³/mol. The molecular formula is C14H20N2O3. The molecule has 2 fully saturated rings. The zero-order valence-corrected chi connectivity index (χ0v) is 11.0. The summed E-state index contributed by atoms with van der Waals surface area (Å²) in [4.78, 5) is 24.0. The number of hydrogen-bond acceptors (Lipinski definition) is 3. The molecule has 0 saturated heterocycles. The molecule has 104 valence electrons. The lowest BCUT2D eigenvalue weighted by Crippen LogP contribution is -2.39. The Bertz CT molecular complexity index is 579. The molecule has 5 nitrogen and oxygen atoms in total. The van der Waals surface area contributed by atoms with Crippen molar-refractivity contribution < 1.29 is 5.11 Å². The minimum Gasteiger partial charge on any atom is -0.494 e. The van der Waals surface area contributed by atoms with Crippen LogP contribution in [0.15, 0.2) is 15.7 Å². The minimum atomic E-state index is -0.383. The van der Waals surface area contributed by atoms with Gasteiger partial charge in [0.25, 0.3) is 5.56 Å². The Morgan fingerprint density at radius 2 is 1.53 bits per heavy atom. The highest BCUT2D eigenvalue weighted by Gasteiger charge is 2.23. The fourth-order valence-electron chi connectivity index (χ4n) is 2.46. The standard InChI is InChI=1S/C14H20N2O3/c17-12-9-13(18)16(8-6-11-3-4-11)14(19)15(12)7-5-10-1-2-10/h9-11,17H,1-8H2. The van der Waals surface area contributed by atoms with Gasteiger partial charge in [0, 0.05) is 13.1 Å². The van der Waals surface area contributed by atoms with E-state index in [9.17, 15) is 14.7 Å². The summed E-state index contributed by atoms with van der Waals surface area (Å²) in [5, 5.41) is 9.77. The van der Waals surface area contributed by atoms with E-state index in [4.69, 9.17) is 0 Å². The quantitative estimate of drug-likeness (QED) is 0.842. The summed E-state index contributed by atoms with van der Waals surface area (Å²) in [7, 11) is 0. The summed E-state index contributed by atoms with van der Waals surface area (Å²) in [6.07, 6.45) is 6.66. The molecular weight excluding hydrogens is 244 g/mol. The van der Waals surface area contributed by atoms with E-state index < -0.39 is 0 Å². The molecule has 2 aliphatic carbocycles. The Morgan fingerprint density at radius 1 is 1.00 bits per heavy atom. The smallest absolute Gasteiger partial charge is 0.333 e. The summed E-state index contributed by atoms with van der Waals surface area (Å²) < 4.78 is 2.61. The topological polar surface area (TPSA) is 64.2 Å². The number of hydrogen-bond donors (Lipinski definition) is 1. The van der Waals surface area contributed by atoms with E-state index >= 15 is 0 Å². The van der Waals surface area contributed by atoms with Crippen molar-refractivity contribution in [2.24, 2.45) is 11.8 Å². The van der Waals surface area contributed by atoms with Crippen LogP contribution in [-0.2, 0) is 13.1 Å². The highest BCUT2D eigenvalue weighted by molar-refractivity contribution is 5.07. The maximum atomic E-state index is 12.2. The van der Waals surface area contributed by atoms with Crippen LogP contribution < -0.4 is 11.2 Å². The fourth-order valence-corrected chi connectivity index (χ4v) is 2.46. The van der Waals surface area contributed by atoms with Gasteiger partial charge in [-0.25, -0.2) is 4.79 Å². The van der Waals surface area contributed by atoms with Gasteiger partial charge in [-0.15, -0.1) is 0 Å². The summed E-state index contributed by atoms with van der Waals surface area (Å²) in [6.45, 7) is 0.991. The lowest BCUT2D eigenvalue weighted by atomic mass is 10.3. The van der Waals surface area contributed by atoms with E-state index in [0.717, 1.165) is 12.8 Å². The first kappa shape index (κ1) is 12.5. The fraction of sp³-hybridized carbons (Fsp3) is 0.714. The summed E-state index contributed by atoms with van der Waals surface area (Å²) in [5.74, 6) is 1.18. The predicted octanol–water partition coefficient (Wildman–Crippen LogP) is 1.32. The molecule has 0 bridgehead atoms. The van der Waals surface area contributed by atoms with Crippen molar-refractivity contribution in [1.29, 1.82) is 0 Å². The van der Waals surface area contributed by atoms with Gasteiger partial charge in [0.05, 0.1) is 6.07 Å². The molecule has 0 aliphatic heterocycles. The van der Waals surface area contributed by atoms with Crippen molar-refractivity contribution in [3.8, 4) is 5.88 Å². The highest BCUT2D eigenvalue weighted by atomic mass is 16.3. The van der Waals surface area contributed by atoms with Crippen molar-refractivity contribution in [3.63, 3.8) is 0 Å². The molecule has 2 aliphatic rings. The minimum absolute atomic E-state index is 0.196. The van der Waals surface area contributed by atoms with Crippen LogP contribution in [0, 0.1) is 11.8 Å². The Morgan fingerprint density at radius 3 is 2.05 bits per heavy atom. The van der Waals surface area contributed by atoms with Crippen LogP contribution in [0.5, 0.6) is 5.88 Å². The summed E-state index contributed by atoms with van der Waals surface area (Å²) in [5.41, 5.74) is -0.739. The van der Waals surface area contributed by atoms with Crippen LogP contribution >= 0.6 is 0 Å². The van der Waals surface area contributed by atoms with E-state index in [1.807, 2.05) is 0 Å². The summed E-state index contributed by atoms with van der Waals surface area (Å²) >= 11 is 0. The second-order valence-corrected chi connectivity index (χ2v) is 5.89. The van der Waals surface area contributed by atoms with Crippen LogP contribution in [0.2, 0.25) is 0 Å². The van der Waals surface area contributed by atoms with Gasteiger partial charge in [-0.05, 0) is 24.7 Å². The van der Waals surface area contributed by atoms with Crippen LogP contribution in [0.25, 0.3) is 0 Å². The molecule has 3 rings (SSSR count). The number of nitrogens with zero attached hydrogens (tertiary/aromatic N) is 2. The maximum absolute atomic E-state index is 12.2. The first-order chi connectivity index (χ1) is 9.15. The van der Waals surface area contributed by atoms with Gasteiger partial charge in [0.1, 0.15) is 0 Å². The number of rotatable bonds is 6. The molecule has 0 unspecified atom stereocenters. The Hall–Kier alpha value is -1.52. The molecule has 2 saturated carbocycles. The zero-order valence-electron chi connectivity index (χ0n) is 11.0. The lowest BCUT2D eigenvalue weighted by Gasteiger charge is -2.11. The second kappa shape index (κ2) is 4.87. The van der Waals surface area contributed by atoms with E-state index in [1.54, 1.807) is 0 Å². The third-order valence-electron chi connectivity index (χ3n) is 4.17. The summed E-state index contributed by atoms with van der Waals surface area (Å²) in [6, 6.07) is 1.17. The molecule has 0 aromatic carbocycles. The molecule has 5 heteroatoms. The van der Waals surface area contributed by atoms with Gasteiger partial charge in [-0.3, -0.25) is 13.9 Å². The molecule has 0 atom stereocenters. The molecule has 0 amide bonds. The van der Waals surface area contributed by atoms with Crippen molar-refractivity contribution in [2.75, 3.05) is 0 Å². The van der Waals surface area contributed by atoms with E-state index in [-0.39, 0.29) is 17.1 Å². The van der Waals surface area contributed by atoms with Crippen LogP contribution in [0.4, 0.5) is 0 Å². The van der Waals surface area contributed by atoms with Crippen molar-refractivity contribution in [2.45, 2.75) is 51.6 Å². The molecule has 19 heavy (non-hydrogen) atoms. The maximum Gasteiger partial charge on any atom is 0.333 e. The normalized spacial score (nSPS) is 18.7. The van der Waals surface area contributed by atoms with Gasteiger partial charge in [0.15, 0.2) is 0 Å².